The molecule has 3 rings (SSSR count). The van der Waals surface area contributed by atoms with Gasteiger partial charge in [0.2, 0.25) is 0 Å². The quantitative estimate of drug-likeness (QED) is 0.465. The summed E-state index contributed by atoms with van der Waals surface area (Å²) in [5, 5.41) is 9.75. The van der Waals surface area contributed by atoms with Gasteiger partial charge in [-0.05, 0) is 66.7 Å². The van der Waals surface area contributed by atoms with Crippen LogP contribution >= 0.6 is 0 Å². The van der Waals surface area contributed by atoms with E-state index < -0.39 is 0 Å². The lowest BCUT2D eigenvalue weighted by Crippen LogP contribution is -2.25. The minimum Gasteiger partial charge on any atom is -0.198 e. The van der Waals surface area contributed by atoms with Crippen LogP contribution in [0, 0.1) is 16.7 Å². The average molecular weight is 360 g/mol. The molecule has 0 unspecified atom stereocenters. The van der Waals surface area contributed by atoms with E-state index in [2.05, 4.69) is 68.4 Å². The third kappa shape index (κ3) is 4.81. The van der Waals surface area contributed by atoms with Gasteiger partial charge in [-0.15, -0.1) is 0 Å². The Bertz CT molecular complexity index is 740. The number of benzene rings is 2. The topological polar surface area (TPSA) is 23.8 Å². The van der Waals surface area contributed by atoms with Crippen LogP contribution in [0.15, 0.2) is 48.5 Å². The van der Waals surface area contributed by atoms with Crippen molar-refractivity contribution in [3.8, 4) is 17.2 Å². The molecule has 0 saturated heterocycles. The molecule has 1 aliphatic carbocycles. The Morgan fingerprint density at radius 1 is 0.889 bits per heavy atom. The van der Waals surface area contributed by atoms with Crippen LogP contribution in [-0.2, 0) is 6.42 Å². The summed E-state index contributed by atoms with van der Waals surface area (Å²) in [6.07, 6.45) is 10.3. The van der Waals surface area contributed by atoms with Gasteiger partial charge in [0.15, 0.2) is 0 Å². The first-order valence-electron chi connectivity index (χ1n) is 10.8. The van der Waals surface area contributed by atoms with Crippen molar-refractivity contribution in [2.45, 2.75) is 77.6 Å². The van der Waals surface area contributed by atoms with Gasteiger partial charge in [-0.25, -0.2) is 0 Å². The highest BCUT2D eigenvalue weighted by Crippen LogP contribution is 2.45. The number of nitrogens with zero attached hydrogens (tertiary/aromatic N) is 1. The molecule has 1 saturated carbocycles. The predicted octanol–water partition coefficient (Wildman–Crippen LogP) is 7.66. The largest absolute Gasteiger partial charge is 0.198 e. The highest BCUT2D eigenvalue weighted by molar-refractivity contribution is 5.64. The van der Waals surface area contributed by atoms with Crippen LogP contribution in [-0.4, -0.2) is 0 Å². The Kier molecular flexibility index (Phi) is 6.73. The molecule has 0 amide bonds. The van der Waals surface area contributed by atoms with E-state index >= 15 is 0 Å². The van der Waals surface area contributed by atoms with Gasteiger partial charge in [0.1, 0.15) is 0 Å². The van der Waals surface area contributed by atoms with Crippen molar-refractivity contribution < 1.29 is 0 Å². The zero-order valence-corrected chi connectivity index (χ0v) is 17.0. The van der Waals surface area contributed by atoms with E-state index in [1.807, 2.05) is 0 Å². The average Bonchev–Trinajstić information content (AvgIpc) is 2.75. The van der Waals surface area contributed by atoms with Gasteiger partial charge in [-0.1, -0.05) is 81.6 Å². The molecule has 0 spiro atoms. The van der Waals surface area contributed by atoms with Crippen LogP contribution in [0.5, 0.6) is 0 Å². The fourth-order valence-corrected chi connectivity index (χ4v) is 4.52. The smallest absolute Gasteiger partial charge is 0.0689 e. The lowest BCUT2D eigenvalue weighted by Gasteiger charge is -2.35. The molecule has 0 N–H and O–H groups in total. The molecular formula is C26H33N. The van der Waals surface area contributed by atoms with Gasteiger partial charge in [-0.2, -0.15) is 5.26 Å². The first-order valence-corrected chi connectivity index (χ1v) is 10.8. The molecule has 27 heavy (non-hydrogen) atoms. The van der Waals surface area contributed by atoms with Gasteiger partial charge in [0.25, 0.3) is 0 Å². The summed E-state index contributed by atoms with van der Waals surface area (Å²) in [6, 6.07) is 20.8. The maximum absolute atomic E-state index is 9.75. The maximum Gasteiger partial charge on any atom is 0.0689 e. The molecule has 0 bridgehead atoms. The fraction of sp³-hybridized carbons (Fsp3) is 0.500. The lowest BCUT2D eigenvalue weighted by atomic mass is 9.67. The monoisotopic (exact) mass is 359 g/mol. The molecule has 1 aliphatic rings. The molecule has 1 fully saturated rings. The van der Waals surface area contributed by atoms with E-state index in [-0.39, 0.29) is 5.41 Å². The van der Waals surface area contributed by atoms with Crippen molar-refractivity contribution in [3.63, 3.8) is 0 Å². The van der Waals surface area contributed by atoms with Crippen molar-refractivity contribution in [2.24, 2.45) is 5.41 Å². The SMILES string of the molecule is CCCCCC1(C#N)CCC(c2ccc(-c3ccc(CC)cc3)cc2)CC1. The molecule has 0 heterocycles. The van der Waals surface area contributed by atoms with E-state index in [9.17, 15) is 5.26 Å². The Balaban J connectivity index is 1.62. The van der Waals surface area contributed by atoms with E-state index in [0.717, 1.165) is 38.5 Å². The fourth-order valence-electron chi connectivity index (χ4n) is 4.52. The summed E-state index contributed by atoms with van der Waals surface area (Å²) in [7, 11) is 0. The predicted molar refractivity (Wildman–Crippen MR) is 115 cm³/mol. The molecular weight excluding hydrogens is 326 g/mol. The summed E-state index contributed by atoms with van der Waals surface area (Å²) in [5.74, 6) is 0.620. The van der Waals surface area contributed by atoms with Gasteiger partial charge in [0.05, 0.1) is 11.5 Å². The van der Waals surface area contributed by atoms with Gasteiger partial charge in [0, 0.05) is 0 Å². The third-order valence-electron chi connectivity index (χ3n) is 6.52. The lowest BCUT2D eigenvalue weighted by molar-refractivity contribution is 0.223. The number of nitriles is 1. The Hall–Kier alpha value is -2.07. The molecule has 0 radical (unpaired) electrons. The molecule has 1 heteroatoms. The number of hydrogen-bond acceptors (Lipinski definition) is 1. The highest BCUT2D eigenvalue weighted by atomic mass is 14.4. The Morgan fingerprint density at radius 3 is 2.00 bits per heavy atom. The van der Waals surface area contributed by atoms with Crippen molar-refractivity contribution in [3.05, 3.63) is 59.7 Å². The summed E-state index contributed by atoms with van der Waals surface area (Å²) in [6.45, 7) is 4.43. The number of aryl methyl sites for hydroxylation is 1. The van der Waals surface area contributed by atoms with Crippen molar-refractivity contribution in [1.29, 1.82) is 5.26 Å². The van der Waals surface area contributed by atoms with Crippen molar-refractivity contribution in [1.82, 2.24) is 0 Å². The molecule has 142 valence electrons. The zero-order chi connectivity index (χ0) is 19.1. The molecule has 0 atom stereocenters. The normalized spacial score (nSPS) is 22.3. The standard InChI is InChI=1S/C26H33N/c1-3-5-6-17-26(20-27)18-15-25(16-19-26)24-13-11-23(12-14-24)22-9-7-21(4-2)8-10-22/h7-14,25H,3-6,15-19H2,1-2H3. The summed E-state index contributed by atoms with van der Waals surface area (Å²) >= 11 is 0. The van der Waals surface area contributed by atoms with Crippen molar-refractivity contribution in [2.75, 3.05) is 0 Å². The third-order valence-corrected chi connectivity index (χ3v) is 6.52. The van der Waals surface area contributed by atoms with E-state index in [1.165, 1.54) is 41.5 Å². The molecule has 2 aromatic rings. The molecule has 0 aliphatic heterocycles. The van der Waals surface area contributed by atoms with Crippen LogP contribution in [0.4, 0.5) is 0 Å². The second-order valence-electron chi connectivity index (χ2n) is 8.30. The maximum atomic E-state index is 9.75. The number of hydrogen-bond donors (Lipinski definition) is 0. The minimum atomic E-state index is -0.0490. The highest BCUT2D eigenvalue weighted by Gasteiger charge is 2.35. The summed E-state index contributed by atoms with van der Waals surface area (Å²) in [4.78, 5) is 0. The van der Waals surface area contributed by atoms with Gasteiger partial charge >= 0.3 is 0 Å². The second kappa shape index (κ2) is 9.23. The Morgan fingerprint density at radius 2 is 1.48 bits per heavy atom. The first kappa shape index (κ1) is 19.7. The molecule has 0 aromatic heterocycles. The first-order chi connectivity index (χ1) is 13.2. The molecule has 2 aromatic carbocycles. The zero-order valence-electron chi connectivity index (χ0n) is 17.0. The summed E-state index contributed by atoms with van der Waals surface area (Å²) in [5.41, 5.74) is 5.37. The van der Waals surface area contributed by atoms with Crippen LogP contribution in [0.25, 0.3) is 11.1 Å². The second-order valence-corrected chi connectivity index (χ2v) is 8.30. The number of unbranched alkanes of at least 4 members (excludes halogenated alkanes) is 2. The molecule has 1 nitrogen and oxygen atoms in total. The summed E-state index contributed by atoms with van der Waals surface area (Å²) < 4.78 is 0. The van der Waals surface area contributed by atoms with Crippen LogP contribution in [0.2, 0.25) is 0 Å². The van der Waals surface area contributed by atoms with Crippen LogP contribution in [0.1, 0.15) is 82.3 Å². The van der Waals surface area contributed by atoms with Crippen LogP contribution < -0.4 is 0 Å². The number of rotatable bonds is 7. The van der Waals surface area contributed by atoms with E-state index in [0.29, 0.717) is 5.92 Å². The van der Waals surface area contributed by atoms with Gasteiger partial charge < -0.3 is 0 Å². The van der Waals surface area contributed by atoms with E-state index in [1.54, 1.807) is 0 Å². The van der Waals surface area contributed by atoms with Crippen molar-refractivity contribution >= 4 is 0 Å². The Labute approximate surface area is 165 Å². The minimum absolute atomic E-state index is 0.0490. The van der Waals surface area contributed by atoms with Gasteiger partial charge in [-0.3, -0.25) is 0 Å². The van der Waals surface area contributed by atoms with E-state index in [4.69, 9.17) is 0 Å². The van der Waals surface area contributed by atoms with Crippen LogP contribution in [0.3, 0.4) is 0 Å².